The average molecular weight is 173 g/mol. The van der Waals surface area contributed by atoms with Gasteiger partial charge in [-0.15, -0.1) is 0 Å². The summed E-state index contributed by atoms with van der Waals surface area (Å²) in [6.45, 7) is 6.14. The van der Waals surface area contributed by atoms with E-state index in [4.69, 9.17) is 15.2 Å². The first-order valence-electron chi connectivity index (χ1n) is 4.40. The zero-order chi connectivity index (χ0) is 9.35. The number of methoxy groups -OCH3 is 1. The minimum absolute atomic E-state index is 0.0872. The molecule has 72 valence electrons. The summed E-state index contributed by atoms with van der Waals surface area (Å²) in [4.78, 5) is 0. The van der Waals surface area contributed by atoms with Crippen LogP contribution in [0.1, 0.15) is 27.2 Å². The summed E-state index contributed by atoms with van der Waals surface area (Å²) >= 11 is 0. The zero-order valence-corrected chi connectivity index (χ0v) is 8.33. The molecule has 3 atom stereocenters. The lowest BCUT2D eigenvalue weighted by Gasteiger charge is -2.44. The van der Waals surface area contributed by atoms with Crippen molar-refractivity contribution >= 4 is 0 Å². The van der Waals surface area contributed by atoms with Crippen LogP contribution in [0.2, 0.25) is 0 Å². The van der Waals surface area contributed by atoms with E-state index in [1.165, 1.54) is 0 Å². The van der Waals surface area contributed by atoms with Crippen LogP contribution >= 0.6 is 0 Å². The van der Waals surface area contributed by atoms with E-state index >= 15 is 0 Å². The number of ether oxygens (including phenoxy) is 2. The lowest BCUT2D eigenvalue weighted by atomic mass is 9.85. The first-order valence-corrected chi connectivity index (χ1v) is 4.40. The smallest absolute Gasteiger partial charge is 0.0985 e. The standard InChI is InChI=1S/C9H19NO2/c1-9(2,3)12-7-5-6(10)8(7)11-4/h6-8H,5,10H2,1-4H3. The van der Waals surface area contributed by atoms with Crippen molar-refractivity contribution in [3.8, 4) is 0 Å². The quantitative estimate of drug-likeness (QED) is 0.675. The third kappa shape index (κ3) is 2.19. The summed E-state index contributed by atoms with van der Waals surface area (Å²) in [7, 11) is 1.68. The summed E-state index contributed by atoms with van der Waals surface area (Å²) in [5.74, 6) is 0. The highest BCUT2D eigenvalue weighted by molar-refractivity contribution is 4.95. The molecule has 0 bridgehead atoms. The van der Waals surface area contributed by atoms with Gasteiger partial charge in [0.05, 0.1) is 17.8 Å². The van der Waals surface area contributed by atoms with Gasteiger partial charge < -0.3 is 15.2 Å². The van der Waals surface area contributed by atoms with E-state index in [-0.39, 0.29) is 23.9 Å². The molecular weight excluding hydrogens is 154 g/mol. The maximum atomic E-state index is 5.74. The van der Waals surface area contributed by atoms with Crippen molar-refractivity contribution in [2.75, 3.05) is 7.11 Å². The van der Waals surface area contributed by atoms with Crippen LogP contribution in [0.15, 0.2) is 0 Å². The molecule has 12 heavy (non-hydrogen) atoms. The molecule has 0 aromatic carbocycles. The molecule has 1 fully saturated rings. The molecule has 3 nitrogen and oxygen atoms in total. The van der Waals surface area contributed by atoms with Crippen molar-refractivity contribution < 1.29 is 9.47 Å². The Morgan fingerprint density at radius 1 is 1.33 bits per heavy atom. The van der Waals surface area contributed by atoms with E-state index < -0.39 is 0 Å². The van der Waals surface area contributed by atoms with Gasteiger partial charge in [0.1, 0.15) is 0 Å². The largest absolute Gasteiger partial charge is 0.377 e. The predicted octanol–water partition coefficient (Wildman–Crippen LogP) is 0.916. The molecule has 3 heteroatoms. The first kappa shape index (κ1) is 9.96. The minimum atomic E-state index is -0.0956. The molecule has 1 rings (SSSR count). The van der Waals surface area contributed by atoms with Crippen molar-refractivity contribution in [3.63, 3.8) is 0 Å². The molecule has 0 aromatic rings. The van der Waals surface area contributed by atoms with Crippen LogP contribution < -0.4 is 5.73 Å². The van der Waals surface area contributed by atoms with Crippen molar-refractivity contribution in [1.82, 2.24) is 0 Å². The van der Waals surface area contributed by atoms with Gasteiger partial charge in [0.25, 0.3) is 0 Å². The van der Waals surface area contributed by atoms with E-state index in [0.29, 0.717) is 0 Å². The molecule has 2 N–H and O–H groups in total. The Kier molecular flexibility index (Phi) is 2.76. The fraction of sp³-hybridized carbons (Fsp3) is 1.00. The van der Waals surface area contributed by atoms with Crippen LogP contribution in [0.25, 0.3) is 0 Å². The summed E-state index contributed by atoms with van der Waals surface area (Å²) in [5, 5.41) is 0. The Hall–Kier alpha value is -0.120. The molecule has 1 aliphatic rings. The molecular formula is C9H19NO2. The van der Waals surface area contributed by atoms with Crippen LogP contribution in [-0.4, -0.2) is 31.0 Å². The maximum absolute atomic E-state index is 5.74. The Balaban J connectivity index is 2.36. The summed E-state index contributed by atoms with van der Waals surface area (Å²) in [6, 6.07) is 0.155. The van der Waals surface area contributed by atoms with E-state index in [2.05, 4.69) is 0 Å². The van der Waals surface area contributed by atoms with Crippen LogP contribution in [0.3, 0.4) is 0 Å². The Labute approximate surface area is 74.2 Å². The summed E-state index contributed by atoms with van der Waals surface area (Å²) < 4.78 is 10.9. The second kappa shape index (κ2) is 3.32. The highest BCUT2D eigenvalue weighted by atomic mass is 16.6. The van der Waals surface area contributed by atoms with Crippen LogP contribution in [0, 0.1) is 0 Å². The van der Waals surface area contributed by atoms with E-state index in [1.807, 2.05) is 20.8 Å². The highest BCUT2D eigenvalue weighted by Crippen LogP contribution is 2.28. The Morgan fingerprint density at radius 2 is 1.92 bits per heavy atom. The third-order valence-electron chi connectivity index (χ3n) is 2.07. The normalized spacial score (nSPS) is 36.2. The molecule has 1 saturated carbocycles. The summed E-state index contributed by atoms with van der Waals surface area (Å²) in [5.41, 5.74) is 5.64. The van der Waals surface area contributed by atoms with E-state index in [1.54, 1.807) is 7.11 Å². The minimum Gasteiger partial charge on any atom is -0.377 e. The van der Waals surface area contributed by atoms with Crippen LogP contribution in [0.5, 0.6) is 0 Å². The van der Waals surface area contributed by atoms with Crippen LogP contribution in [-0.2, 0) is 9.47 Å². The van der Waals surface area contributed by atoms with Gasteiger partial charge in [-0.25, -0.2) is 0 Å². The Morgan fingerprint density at radius 3 is 2.25 bits per heavy atom. The third-order valence-corrected chi connectivity index (χ3v) is 2.07. The van der Waals surface area contributed by atoms with E-state index in [9.17, 15) is 0 Å². The molecule has 0 radical (unpaired) electrons. The Bertz CT molecular complexity index is 153. The molecule has 0 amide bonds. The van der Waals surface area contributed by atoms with Crippen LogP contribution in [0.4, 0.5) is 0 Å². The van der Waals surface area contributed by atoms with Gasteiger partial charge >= 0.3 is 0 Å². The molecule has 0 spiro atoms. The van der Waals surface area contributed by atoms with Crippen molar-refractivity contribution in [1.29, 1.82) is 0 Å². The molecule has 0 heterocycles. The van der Waals surface area contributed by atoms with Crippen molar-refractivity contribution in [2.45, 2.75) is 51.0 Å². The lowest BCUT2D eigenvalue weighted by molar-refractivity contribution is -0.172. The molecule has 0 aromatic heterocycles. The number of hydrogen-bond acceptors (Lipinski definition) is 3. The van der Waals surface area contributed by atoms with E-state index in [0.717, 1.165) is 6.42 Å². The second-order valence-corrected chi connectivity index (χ2v) is 4.37. The summed E-state index contributed by atoms with van der Waals surface area (Å²) in [6.07, 6.45) is 1.18. The zero-order valence-electron chi connectivity index (χ0n) is 8.33. The highest BCUT2D eigenvalue weighted by Gasteiger charge is 2.41. The second-order valence-electron chi connectivity index (χ2n) is 4.37. The van der Waals surface area contributed by atoms with Gasteiger partial charge in [0, 0.05) is 13.2 Å². The fourth-order valence-corrected chi connectivity index (χ4v) is 1.51. The van der Waals surface area contributed by atoms with Gasteiger partial charge in [-0.1, -0.05) is 0 Å². The maximum Gasteiger partial charge on any atom is 0.0985 e. The number of nitrogens with two attached hydrogens (primary N) is 1. The van der Waals surface area contributed by atoms with Crippen molar-refractivity contribution in [2.24, 2.45) is 5.73 Å². The van der Waals surface area contributed by atoms with Gasteiger partial charge in [-0.2, -0.15) is 0 Å². The van der Waals surface area contributed by atoms with Gasteiger partial charge in [-0.05, 0) is 27.2 Å². The lowest BCUT2D eigenvalue weighted by Crippen LogP contribution is -2.59. The van der Waals surface area contributed by atoms with Crippen molar-refractivity contribution in [3.05, 3.63) is 0 Å². The SMILES string of the molecule is COC1C(N)CC1OC(C)(C)C. The molecule has 0 aliphatic heterocycles. The fourth-order valence-electron chi connectivity index (χ4n) is 1.51. The van der Waals surface area contributed by atoms with Gasteiger partial charge in [0.15, 0.2) is 0 Å². The molecule has 1 aliphatic carbocycles. The number of rotatable bonds is 2. The average Bonchev–Trinajstić information content (AvgIpc) is 1.84. The predicted molar refractivity (Wildman–Crippen MR) is 48.0 cm³/mol. The van der Waals surface area contributed by atoms with Gasteiger partial charge in [0.2, 0.25) is 0 Å². The molecule has 3 unspecified atom stereocenters. The first-order chi connectivity index (χ1) is 5.44. The topological polar surface area (TPSA) is 44.5 Å². The number of hydrogen-bond donors (Lipinski definition) is 1. The molecule has 0 saturated heterocycles. The monoisotopic (exact) mass is 173 g/mol. The van der Waals surface area contributed by atoms with Gasteiger partial charge in [-0.3, -0.25) is 0 Å².